The molecule has 1 fully saturated rings. The van der Waals surface area contributed by atoms with E-state index in [9.17, 15) is 4.79 Å². The predicted molar refractivity (Wildman–Crippen MR) is 87.2 cm³/mol. The molecule has 122 valence electrons. The van der Waals surface area contributed by atoms with Gasteiger partial charge in [-0.15, -0.1) is 0 Å². The van der Waals surface area contributed by atoms with Crippen LogP contribution in [0.2, 0.25) is 0 Å². The monoisotopic (exact) mass is 314 g/mol. The van der Waals surface area contributed by atoms with E-state index in [2.05, 4.69) is 20.8 Å². The standard InChI is InChI=1S/C17H22N4O2/c1-11(2)15-20-17(23-21-15)14-8-4-3-7-13(14)16(22)19-12-6-5-9-18-10-12/h3-4,7-8,11-12,18H,5-6,9-10H2,1-2H3,(H,19,22)/t12-/m0/s1. The zero-order chi connectivity index (χ0) is 16.2. The van der Waals surface area contributed by atoms with Crippen molar-refractivity contribution in [1.82, 2.24) is 20.8 Å². The quantitative estimate of drug-likeness (QED) is 0.905. The highest BCUT2D eigenvalue weighted by Crippen LogP contribution is 2.24. The van der Waals surface area contributed by atoms with E-state index in [1.165, 1.54) is 0 Å². The Balaban J connectivity index is 1.83. The Hall–Kier alpha value is -2.21. The van der Waals surface area contributed by atoms with Gasteiger partial charge in [-0.3, -0.25) is 4.79 Å². The Morgan fingerprint density at radius 3 is 2.91 bits per heavy atom. The Morgan fingerprint density at radius 2 is 2.22 bits per heavy atom. The maximum atomic E-state index is 12.6. The molecule has 0 unspecified atom stereocenters. The smallest absolute Gasteiger partial charge is 0.258 e. The molecule has 0 radical (unpaired) electrons. The lowest BCUT2D eigenvalue weighted by molar-refractivity contribution is 0.0931. The first-order chi connectivity index (χ1) is 11.1. The second-order valence-electron chi connectivity index (χ2n) is 6.17. The van der Waals surface area contributed by atoms with Gasteiger partial charge in [-0.05, 0) is 31.5 Å². The molecule has 2 N–H and O–H groups in total. The van der Waals surface area contributed by atoms with E-state index in [-0.39, 0.29) is 17.9 Å². The van der Waals surface area contributed by atoms with E-state index in [0.717, 1.165) is 25.9 Å². The van der Waals surface area contributed by atoms with Gasteiger partial charge in [-0.25, -0.2) is 0 Å². The number of rotatable bonds is 4. The molecule has 0 spiro atoms. The van der Waals surface area contributed by atoms with Crippen LogP contribution in [0, 0.1) is 0 Å². The third-order valence-corrected chi connectivity index (χ3v) is 3.99. The van der Waals surface area contributed by atoms with Crippen molar-refractivity contribution in [3.05, 3.63) is 35.7 Å². The van der Waals surface area contributed by atoms with Crippen LogP contribution in [-0.4, -0.2) is 35.2 Å². The molecule has 2 heterocycles. The van der Waals surface area contributed by atoms with Gasteiger partial charge in [0.1, 0.15) is 0 Å². The number of piperidine rings is 1. The minimum Gasteiger partial charge on any atom is -0.348 e. The molecule has 1 aromatic heterocycles. The van der Waals surface area contributed by atoms with Gasteiger partial charge in [0.05, 0.1) is 11.1 Å². The van der Waals surface area contributed by atoms with E-state index in [1.54, 1.807) is 6.07 Å². The third kappa shape index (κ3) is 3.59. The van der Waals surface area contributed by atoms with Crippen LogP contribution < -0.4 is 10.6 Å². The molecule has 6 heteroatoms. The van der Waals surface area contributed by atoms with Crippen LogP contribution in [0.3, 0.4) is 0 Å². The molecule has 6 nitrogen and oxygen atoms in total. The number of aromatic nitrogens is 2. The molecular weight excluding hydrogens is 292 g/mol. The molecule has 1 saturated heterocycles. The molecule has 1 atom stereocenters. The molecule has 1 aliphatic heterocycles. The first kappa shape index (κ1) is 15.7. The van der Waals surface area contributed by atoms with Crippen LogP contribution in [0.1, 0.15) is 48.8 Å². The topological polar surface area (TPSA) is 80.0 Å². The van der Waals surface area contributed by atoms with Crippen LogP contribution in [0.15, 0.2) is 28.8 Å². The van der Waals surface area contributed by atoms with Crippen LogP contribution in [-0.2, 0) is 0 Å². The van der Waals surface area contributed by atoms with Crippen molar-refractivity contribution in [1.29, 1.82) is 0 Å². The van der Waals surface area contributed by atoms with Crippen LogP contribution in [0.4, 0.5) is 0 Å². The highest BCUT2D eigenvalue weighted by atomic mass is 16.5. The number of amides is 1. The lowest BCUT2D eigenvalue weighted by Gasteiger charge is -2.24. The number of benzene rings is 1. The number of carbonyl (C=O) groups excluding carboxylic acids is 1. The van der Waals surface area contributed by atoms with Crippen LogP contribution in [0.25, 0.3) is 11.5 Å². The van der Waals surface area contributed by atoms with E-state index >= 15 is 0 Å². The highest BCUT2D eigenvalue weighted by Gasteiger charge is 2.21. The zero-order valence-electron chi connectivity index (χ0n) is 13.5. The molecule has 3 rings (SSSR count). The number of carbonyl (C=O) groups is 1. The second-order valence-corrected chi connectivity index (χ2v) is 6.17. The number of hydrogen-bond donors (Lipinski definition) is 2. The SMILES string of the molecule is CC(C)c1noc(-c2ccccc2C(=O)N[C@H]2CCCNC2)n1. The van der Waals surface area contributed by atoms with Gasteiger partial charge in [0.2, 0.25) is 0 Å². The summed E-state index contributed by atoms with van der Waals surface area (Å²) in [5.41, 5.74) is 1.24. The molecular formula is C17H22N4O2. The normalized spacial score (nSPS) is 18.1. The van der Waals surface area contributed by atoms with Gasteiger partial charge in [-0.2, -0.15) is 4.98 Å². The Morgan fingerprint density at radius 1 is 1.39 bits per heavy atom. The van der Waals surface area contributed by atoms with Gasteiger partial charge in [0.25, 0.3) is 11.8 Å². The molecule has 0 saturated carbocycles. The van der Waals surface area contributed by atoms with Gasteiger partial charge in [0, 0.05) is 18.5 Å². The molecule has 1 amide bonds. The van der Waals surface area contributed by atoms with E-state index in [0.29, 0.717) is 22.8 Å². The highest BCUT2D eigenvalue weighted by molar-refractivity contribution is 6.00. The average Bonchev–Trinajstić information content (AvgIpc) is 3.06. The van der Waals surface area contributed by atoms with Crippen LogP contribution >= 0.6 is 0 Å². The zero-order valence-corrected chi connectivity index (χ0v) is 13.5. The molecule has 0 aliphatic carbocycles. The first-order valence-electron chi connectivity index (χ1n) is 8.09. The minimum atomic E-state index is -0.0985. The van der Waals surface area contributed by atoms with E-state index in [1.807, 2.05) is 32.0 Å². The fourth-order valence-corrected chi connectivity index (χ4v) is 2.68. The Labute approximate surface area is 135 Å². The minimum absolute atomic E-state index is 0.0985. The van der Waals surface area contributed by atoms with Crippen molar-refractivity contribution in [2.75, 3.05) is 13.1 Å². The summed E-state index contributed by atoms with van der Waals surface area (Å²) >= 11 is 0. The van der Waals surface area contributed by atoms with Crippen molar-refractivity contribution in [2.45, 2.75) is 38.6 Å². The summed E-state index contributed by atoms with van der Waals surface area (Å²) in [7, 11) is 0. The first-order valence-corrected chi connectivity index (χ1v) is 8.09. The van der Waals surface area contributed by atoms with Crippen molar-refractivity contribution in [2.24, 2.45) is 0 Å². The average molecular weight is 314 g/mol. The molecule has 2 aromatic rings. The molecule has 23 heavy (non-hydrogen) atoms. The van der Waals surface area contributed by atoms with E-state index < -0.39 is 0 Å². The van der Waals surface area contributed by atoms with Gasteiger partial charge in [-0.1, -0.05) is 31.1 Å². The maximum Gasteiger partial charge on any atom is 0.258 e. The van der Waals surface area contributed by atoms with Crippen molar-refractivity contribution in [3.63, 3.8) is 0 Å². The number of nitrogens with one attached hydrogen (secondary N) is 2. The summed E-state index contributed by atoms with van der Waals surface area (Å²) in [5, 5.41) is 10.4. The lowest BCUT2D eigenvalue weighted by Crippen LogP contribution is -2.45. The van der Waals surface area contributed by atoms with Crippen molar-refractivity contribution < 1.29 is 9.32 Å². The molecule has 1 aromatic carbocycles. The molecule has 1 aliphatic rings. The predicted octanol–water partition coefficient (Wildman–Crippen LogP) is 2.34. The summed E-state index contributed by atoms with van der Waals surface area (Å²) in [5.74, 6) is 1.12. The summed E-state index contributed by atoms with van der Waals surface area (Å²) in [4.78, 5) is 17.0. The number of nitrogens with zero attached hydrogens (tertiary/aromatic N) is 2. The summed E-state index contributed by atoms with van der Waals surface area (Å²) in [6.45, 7) is 5.83. The van der Waals surface area contributed by atoms with Crippen molar-refractivity contribution in [3.8, 4) is 11.5 Å². The summed E-state index contributed by atoms with van der Waals surface area (Å²) < 4.78 is 5.34. The fraction of sp³-hybridized carbons (Fsp3) is 0.471. The van der Waals surface area contributed by atoms with E-state index in [4.69, 9.17) is 4.52 Å². The Kier molecular flexibility index (Phi) is 4.71. The van der Waals surface area contributed by atoms with Crippen LogP contribution in [0.5, 0.6) is 0 Å². The maximum absolute atomic E-state index is 12.6. The van der Waals surface area contributed by atoms with Gasteiger partial charge >= 0.3 is 0 Å². The summed E-state index contributed by atoms with van der Waals surface area (Å²) in [6.07, 6.45) is 2.08. The largest absolute Gasteiger partial charge is 0.348 e. The van der Waals surface area contributed by atoms with Gasteiger partial charge in [0.15, 0.2) is 5.82 Å². The summed E-state index contributed by atoms with van der Waals surface area (Å²) in [6, 6.07) is 7.51. The molecule has 0 bridgehead atoms. The fourth-order valence-electron chi connectivity index (χ4n) is 2.68. The second kappa shape index (κ2) is 6.91. The number of hydrogen-bond acceptors (Lipinski definition) is 5. The van der Waals surface area contributed by atoms with Gasteiger partial charge < -0.3 is 15.2 Å². The Bertz CT molecular complexity index is 675. The third-order valence-electron chi connectivity index (χ3n) is 3.99. The lowest BCUT2D eigenvalue weighted by atomic mass is 10.0. The van der Waals surface area contributed by atoms with Crippen molar-refractivity contribution >= 4 is 5.91 Å².